The van der Waals surface area contributed by atoms with E-state index in [-0.39, 0.29) is 11.0 Å². The highest BCUT2D eigenvalue weighted by molar-refractivity contribution is 5.20. The van der Waals surface area contributed by atoms with Crippen LogP contribution < -0.4 is 5.32 Å². The number of ether oxygens (including phenoxy) is 1. The predicted molar refractivity (Wildman–Crippen MR) is 105 cm³/mol. The number of nitrogens with zero attached hydrogens (tertiary/aromatic N) is 3. The molecule has 0 unspecified atom stereocenters. The Balaban J connectivity index is 1.45. The Kier molecular flexibility index (Phi) is 5.50. The van der Waals surface area contributed by atoms with Gasteiger partial charge in [-0.15, -0.1) is 0 Å². The van der Waals surface area contributed by atoms with Gasteiger partial charge in [0.25, 0.3) is 0 Å². The number of aryl methyl sites for hydroxylation is 1. The monoisotopic (exact) mass is 366 g/mol. The maximum Gasteiger partial charge on any atom is 0.0724 e. The smallest absolute Gasteiger partial charge is 0.0724 e. The molecule has 5 nitrogen and oxygen atoms in total. The molecule has 2 aromatic rings. The van der Waals surface area contributed by atoms with Crippen LogP contribution in [0, 0.1) is 6.92 Å². The van der Waals surface area contributed by atoms with Crippen LogP contribution in [0.4, 0.5) is 0 Å². The highest BCUT2D eigenvalue weighted by atomic mass is 16.5. The van der Waals surface area contributed by atoms with Gasteiger partial charge < -0.3 is 10.1 Å². The van der Waals surface area contributed by atoms with Crippen molar-refractivity contribution in [2.24, 2.45) is 0 Å². The van der Waals surface area contributed by atoms with Crippen LogP contribution >= 0.6 is 0 Å². The SMILES string of the molecule is Cc1cnc(CNCC[C@@]2(c3ccccn3)CCOC3(CCCC3)C2)cn1. The van der Waals surface area contributed by atoms with E-state index in [0.29, 0.717) is 0 Å². The van der Waals surface area contributed by atoms with Gasteiger partial charge in [-0.25, -0.2) is 0 Å². The zero-order valence-corrected chi connectivity index (χ0v) is 16.3. The second-order valence-corrected chi connectivity index (χ2v) is 8.24. The molecule has 1 saturated heterocycles. The highest BCUT2D eigenvalue weighted by Gasteiger charge is 2.48. The van der Waals surface area contributed by atoms with Gasteiger partial charge in [0, 0.05) is 42.9 Å². The number of rotatable bonds is 6. The van der Waals surface area contributed by atoms with E-state index in [1.54, 1.807) is 0 Å². The molecule has 27 heavy (non-hydrogen) atoms. The van der Waals surface area contributed by atoms with Crippen LogP contribution in [0.15, 0.2) is 36.8 Å². The van der Waals surface area contributed by atoms with Crippen molar-refractivity contribution >= 4 is 0 Å². The fourth-order valence-corrected chi connectivity index (χ4v) is 4.85. The molecule has 0 bridgehead atoms. The first-order valence-electron chi connectivity index (χ1n) is 10.2. The van der Waals surface area contributed by atoms with Crippen molar-refractivity contribution in [1.29, 1.82) is 0 Å². The van der Waals surface area contributed by atoms with Crippen LogP contribution in [0.1, 0.15) is 62.0 Å². The van der Waals surface area contributed by atoms with Crippen molar-refractivity contribution in [3.05, 3.63) is 53.9 Å². The topological polar surface area (TPSA) is 59.9 Å². The van der Waals surface area contributed by atoms with E-state index < -0.39 is 0 Å². The minimum Gasteiger partial charge on any atom is -0.375 e. The van der Waals surface area contributed by atoms with Gasteiger partial charge in [0.05, 0.1) is 17.0 Å². The minimum atomic E-state index is 0.0816. The molecule has 5 heteroatoms. The van der Waals surface area contributed by atoms with E-state index >= 15 is 0 Å². The molecule has 1 aliphatic heterocycles. The maximum atomic E-state index is 6.32. The zero-order valence-electron chi connectivity index (χ0n) is 16.3. The lowest BCUT2D eigenvalue weighted by molar-refractivity contribution is -0.104. The van der Waals surface area contributed by atoms with E-state index in [9.17, 15) is 0 Å². The molecular weight excluding hydrogens is 336 g/mol. The molecule has 2 aromatic heterocycles. The van der Waals surface area contributed by atoms with Crippen molar-refractivity contribution in [3.8, 4) is 0 Å². The molecule has 0 amide bonds. The maximum absolute atomic E-state index is 6.32. The van der Waals surface area contributed by atoms with Gasteiger partial charge >= 0.3 is 0 Å². The summed E-state index contributed by atoms with van der Waals surface area (Å²) in [6.45, 7) is 4.51. The van der Waals surface area contributed by atoms with Crippen LogP contribution in [0.5, 0.6) is 0 Å². The van der Waals surface area contributed by atoms with Crippen molar-refractivity contribution in [2.75, 3.05) is 13.2 Å². The summed E-state index contributed by atoms with van der Waals surface area (Å²) in [5.74, 6) is 0. The minimum absolute atomic E-state index is 0.0816. The Hall–Kier alpha value is -1.85. The van der Waals surface area contributed by atoms with Gasteiger partial charge in [0.1, 0.15) is 0 Å². The molecule has 0 radical (unpaired) electrons. The summed E-state index contributed by atoms with van der Waals surface area (Å²) < 4.78 is 6.32. The van der Waals surface area contributed by atoms with Crippen LogP contribution in [0.3, 0.4) is 0 Å². The summed E-state index contributed by atoms with van der Waals surface area (Å²) in [6.07, 6.45) is 13.8. The van der Waals surface area contributed by atoms with E-state index in [4.69, 9.17) is 9.72 Å². The number of hydrogen-bond donors (Lipinski definition) is 1. The Labute approximate surface area is 162 Å². The van der Waals surface area contributed by atoms with Crippen molar-refractivity contribution < 1.29 is 4.74 Å². The summed E-state index contributed by atoms with van der Waals surface area (Å²) >= 11 is 0. The third kappa shape index (κ3) is 4.19. The van der Waals surface area contributed by atoms with Crippen LogP contribution in [-0.2, 0) is 16.7 Å². The second-order valence-electron chi connectivity index (χ2n) is 8.24. The molecule has 1 spiro atoms. The molecule has 144 valence electrons. The standard InChI is InChI=1S/C22H30N4O/c1-18-14-26-19(16-25-18)15-23-12-9-21(20-6-2-5-11-24-20)10-13-27-22(17-21)7-3-4-8-22/h2,5-6,11,14,16,23H,3-4,7-10,12-13,15,17H2,1H3/t21-/m1/s1. The Morgan fingerprint density at radius 3 is 2.70 bits per heavy atom. The van der Waals surface area contributed by atoms with Gasteiger partial charge in [0.15, 0.2) is 0 Å². The van der Waals surface area contributed by atoms with Crippen molar-refractivity contribution in [3.63, 3.8) is 0 Å². The molecule has 1 N–H and O–H groups in total. The molecule has 0 aromatic carbocycles. The summed E-state index contributed by atoms with van der Waals surface area (Å²) in [7, 11) is 0. The largest absolute Gasteiger partial charge is 0.375 e. The first-order chi connectivity index (χ1) is 13.2. The normalized spacial score (nSPS) is 24.3. The number of pyridine rings is 1. The molecule has 3 heterocycles. The second kappa shape index (κ2) is 8.03. The van der Waals surface area contributed by atoms with E-state index in [1.807, 2.05) is 31.6 Å². The summed E-state index contributed by atoms with van der Waals surface area (Å²) in [6, 6.07) is 6.34. The molecule has 4 rings (SSSR count). The summed E-state index contributed by atoms with van der Waals surface area (Å²) in [4.78, 5) is 13.5. The predicted octanol–water partition coefficient (Wildman–Crippen LogP) is 3.72. The van der Waals surface area contributed by atoms with Gasteiger partial charge in [-0.2, -0.15) is 0 Å². The Morgan fingerprint density at radius 1 is 1.07 bits per heavy atom. The average molecular weight is 367 g/mol. The molecule has 2 fully saturated rings. The van der Waals surface area contributed by atoms with Gasteiger partial charge in [-0.3, -0.25) is 15.0 Å². The van der Waals surface area contributed by atoms with Crippen molar-refractivity contribution in [2.45, 2.75) is 69.4 Å². The fraction of sp³-hybridized carbons (Fsp3) is 0.591. The van der Waals surface area contributed by atoms with Crippen LogP contribution in [0.2, 0.25) is 0 Å². The van der Waals surface area contributed by atoms with Gasteiger partial charge in [-0.1, -0.05) is 18.9 Å². The fourth-order valence-electron chi connectivity index (χ4n) is 4.85. The average Bonchev–Trinajstić information content (AvgIpc) is 3.15. The third-order valence-corrected chi connectivity index (χ3v) is 6.29. The number of nitrogens with one attached hydrogen (secondary N) is 1. The van der Waals surface area contributed by atoms with E-state index in [0.717, 1.165) is 50.3 Å². The molecule has 1 atom stereocenters. The summed E-state index contributed by atoms with van der Waals surface area (Å²) in [5, 5.41) is 3.57. The third-order valence-electron chi connectivity index (χ3n) is 6.29. The first kappa shape index (κ1) is 18.5. The number of aromatic nitrogens is 3. The zero-order chi connectivity index (χ0) is 18.6. The molecule has 2 aliphatic rings. The van der Waals surface area contributed by atoms with Gasteiger partial charge in [-0.05, 0) is 57.7 Å². The van der Waals surface area contributed by atoms with Crippen molar-refractivity contribution in [1.82, 2.24) is 20.3 Å². The molecule has 1 saturated carbocycles. The van der Waals surface area contributed by atoms with E-state index in [1.165, 1.54) is 31.4 Å². The van der Waals surface area contributed by atoms with E-state index in [2.05, 4.69) is 27.4 Å². The number of hydrogen-bond acceptors (Lipinski definition) is 5. The summed E-state index contributed by atoms with van der Waals surface area (Å²) in [5.41, 5.74) is 3.37. The quantitative estimate of drug-likeness (QED) is 0.790. The van der Waals surface area contributed by atoms with Crippen LogP contribution in [-0.4, -0.2) is 33.7 Å². The Bertz CT molecular complexity index is 728. The molecule has 1 aliphatic carbocycles. The first-order valence-corrected chi connectivity index (χ1v) is 10.2. The van der Waals surface area contributed by atoms with Gasteiger partial charge in [0.2, 0.25) is 0 Å². The molecular formula is C22H30N4O. The Morgan fingerprint density at radius 2 is 1.96 bits per heavy atom. The highest BCUT2D eigenvalue weighted by Crippen LogP contribution is 2.49. The lowest BCUT2D eigenvalue weighted by atomic mass is 9.68. The van der Waals surface area contributed by atoms with Crippen LogP contribution in [0.25, 0.3) is 0 Å². The lowest BCUT2D eigenvalue weighted by Crippen LogP contribution is -2.47. The lowest BCUT2D eigenvalue weighted by Gasteiger charge is -2.46.